The molecule has 10 rings (SSSR count). The molecule has 2 N–H and O–H groups in total. The Balaban J connectivity index is 0.777. The number of amides is 2. The van der Waals surface area contributed by atoms with E-state index < -0.39 is 40.4 Å². The van der Waals surface area contributed by atoms with Gasteiger partial charge in [-0.1, -0.05) is 24.1 Å². The number of imide groups is 1. The van der Waals surface area contributed by atoms with Crippen molar-refractivity contribution in [3.63, 3.8) is 0 Å². The number of piperidine rings is 3. The summed E-state index contributed by atoms with van der Waals surface area (Å²) in [4.78, 5) is 64.7. The van der Waals surface area contributed by atoms with Gasteiger partial charge in [-0.3, -0.25) is 33.4 Å². The van der Waals surface area contributed by atoms with E-state index in [9.17, 15) is 27.6 Å². The second kappa shape index (κ2) is 16.5. The van der Waals surface area contributed by atoms with Crippen molar-refractivity contribution < 1.29 is 26.8 Å². The van der Waals surface area contributed by atoms with Gasteiger partial charge in [0.15, 0.2) is 0 Å². The van der Waals surface area contributed by atoms with Crippen LogP contribution in [-0.2, 0) is 26.7 Å². The quantitative estimate of drug-likeness (QED) is 0.160. The van der Waals surface area contributed by atoms with Crippen molar-refractivity contribution in [3.8, 4) is 0 Å². The maximum atomic E-state index is 16.0. The van der Waals surface area contributed by atoms with Gasteiger partial charge < -0.3 is 15.1 Å². The highest BCUT2D eigenvalue weighted by atomic mass is 35.5. The molecule has 1 spiro atoms. The van der Waals surface area contributed by atoms with Crippen LogP contribution in [0, 0.1) is 18.3 Å². The number of sulfonamides is 1. The molecular weight excluding hydrogens is 894 g/mol. The normalized spacial score (nSPS) is 23.6. The zero-order valence-electron chi connectivity index (χ0n) is 37.1. The first-order chi connectivity index (χ1) is 31.5. The molecule has 3 aromatic heterocycles. The molecule has 20 heteroatoms. The average Bonchev–Trinajstić information content (AvgIpc) is 3.89. The number of aromatic nitrogens is 5. The van der Waals surface area contributed by atoms with Crippen LogP contribution in [0.3, 0.4) is 0 Å². The Kier molecular flexibility index (Phi) is 11.2. The monoisotopic (exact) mass is 946 g/mol. The van der Waals surface area contributed by atoms with Crippen LogP contribution in [-0.4, -0.2) is 105 Å². The molecule has 2 saturated carbocycles. The molecule has 3 saturated heterocycles. The third kappa shape index (κ3) is 7.68. The molecular formula is C46H53ClF2N10O6S. The standard InChI is InChI=1S/C46H53ClF2N10O6S/c1-27-22-31(9-10-33(27)51-43-50-24-28-23-32(47)42(62)59(40(28)53-43)37-8-5-16-45(37)17-18-45)66(64,65)57-21-13-29(46(48,49)26-57)25-54(2)30-14-19-56(20-15-30)34-6-4-7-35-39(34)55(3)44(63)58(35)36-11-12-38(60)52-41(36)61/h4,6-7,9-10,22-24,29-30,36-37H,5,8,11-21,25-26H2,1-3H3,(H,50,51,53)(H,52,60,61). The second-order valence-corrected chi connectivity index (χ2v) is 21.4. The number of pyridine rings is 1. The van der Waals surface area contributed by atoms with E-state index in [0.717, 1.165) is 42.1 Å². The Morgan fingerprint density at radius 1 is 0.970 bits per heavy atom. The minimum absolute atomic E-state index is 0.00703. The number of imidazole rings is 1. The summed E-state index contributed by atoms with van der Waals surface area (Å²) < 4.78 is 65.5. The number of hydrogen-bond donors (Lipinski definition) is 2. The smallest absolute Gasteiger partial charge is 0.329 e. The van der Waals surface area contributed by atoms with Gasteiger partial charge in [-0.15, -0.1) is 0 Å². The number of nitrogens with one attached hydrogen (secondary N) is 2. The fourth-order valence-electron chi connectivity index (χ4n) is 11.2. The van der Waals surface area contributed by atoms with E-state index in [2.05, 4.69) is 20.5 Å². The molecule has 0 bridgehead atoms. The zero-order valence-corrected chi connectivity index (χ0v) is 38.7. The Morgan fingerprint density at radius 3 is 2.45 bits per heavy atom. The van der Waals surface area contributed by atoms with Crippen LogP contribution < -0.4 is 26.8 Å². The van der Waals surface area contributed by atoms with E-state index in [0.29, 0.717) is 59.2 Å². The van der Waals surface area contributed by atoms with E-state index in [-0.39, 0.29) is 82.9 Å². The summed E-state index contributed by atoms with van der Waals surface area (Å²) >= 11 is 6.39. The fourth-order valence-corrected chi connectivity index (χ4v) is 13.0. The van der Waals surface area contributed by atoms with Crippen LogP contribution in [0.2, 0.25) is 5.02 Å². The highest BCUT2D eigenvalue weighted by Crippen LogP contribution is 2.63. The number of para-hydroxylation sites is 1. The van der Waals surface area contributed by atoms with Crippen LogP contribution >= 0.6 is 11.6 Å². The first-order valence-corrected chi connectivity index (χ1v) is 24.6. The number of carbonyl (C=O) groups is 2. The molecule has 5 aliphatic rings. The van der Waals surface area contributed by atoms with Gasteiger partial charge in [0, 0.05) is 74.9 Å². The van der Waals surface area contributed by atoms with Crippen LogP contribution in [0.5, 0.6) is 0 Å². The Bertz CT molecular complexity index is 3040. The van der Waals surface area contributed by atoms with Crippen molar-refractivity contribution in [2.75, 3.05) is 50.0 Å². The maximum absolute atomic E-state index is 16.0. The van der Waals surface area contributed by atoms with Crippen LogP contribution in [0.1, 0.15) is 81.9 Å². The van der Waals surface area contributed by atoms with Gasteiger partial charge in [0.2, 0.25) is 27.8 Å². The maximum Gasteiger partial charge on any atom is 0.329 e. The van der Waals surface area contributed by atoms with Gasteiger partial charge >= 0.3 is 5.69 Å². The number of nitrogens with zero attached hydrogens (tertiary/aromatic N) is 8. The molecule has 350 valence electrons. The van der Waals surface area contributed by atoms with Crippen molar-refractivity contribution in [2.24, 2.45) is 18.4 Å². The highest BCUT2D eigenvalue weighted by Gasteiger charge is 2.53. The predicted molar refractivity (Wildman–Crippen MR) is 246 cm³/mol. The summed E-state index contributed by atoms with van der Waals surface area (Å²) in [7, 11) is -0.756. The van der Waals surface area contributed by atoms with E-state index in [1.54, 1.807) is 42.9 Å². The van der Waals surface area contributed by atoms with Gasteiger partial charge in [-0.05, 0) is 113 Å². The first-order valence-electron chi connectivity index (χ1n) is 22.8. The summed E-state index contributed by atoms with van der Waals surface area (Å²) in [6.45, 7) is 2.07. The van der Waals surface area contributed by atoms with E-state index in [1.807, 2.05) is 24.1 Å². The molecule has 3 aliphatic heterocycles. The van der Waals surface area contributed by atoms with E-state index >= 15 is 8.78 Å². The molecule has 5 fully saturated rings. The van der Waals surface area contributed by atoms with Crippen molar-refractivity contribution in [2.45, 2.75) is 100 Å². The number of alkyl halides is 2. The summed E-state index contributed by atoms with van der Waals surface area (Å²) in [6, 6.07) is 10.8. The molecule has 3 unspecified atom stereocenters. The molecule has 2 amide bonds. The molecule has 16 nitrogen and oxygen atoms in total. The predicted octanol–water partition coefficient (Wildman–Crippen LogP) is 5.88. The van der Waals surface area contributed by atoms with Crippen molar-refractivity contribution >= 4 is 72.8 Å². The number of halogens is 3. The van der Waals surface area contributed by atoms with Crippen molar-refractivity contribution in [1.29, 1.82) is 0 Å². The molecule has 3 atom stereocenters. The largest absolute Gasteiger partial charge is 0.370 e. The number of carbonyl (C=O) groups excluding carboxylic acids is 2. The topological polar surface area (TPSA) is 177 Å². The van der Waals surface area contributed by atoms with Crippen LogP contribution in [0.25, 0.3) is 22.1 Å². The number of hydrogen-bond acceptors (Lipinski definition) is 11. The third-order valence-corrected chi connectivity index (χ3v) is 17.2. The molecule has 6 heterocycles. The van der Waals surface area contributed by atoms with Crippen LogP contribution in [0.4, 0.5) is 26.1 Å². The molecule has 66 heavy (non-hydrogen) atoms. The van der Waals surface area contributed by atoms with Crippen LogP contribution in [0.15, 0.2) is 63.1 Å². The molecule has 5 aromatic rings. The number of benzene rings is 2. The first kappa shape index (κ1) is 44.6. The van der Waals surface area contributed by atoms with Gasteiger partial charge in [-0.25, -0.2) is 27.0 Å². The number of anilines is 3. The van der Waals surface area contributed by atoms with Gasteiger partial charge in [-0.2, -0.15) is 9.29 Å². The van der Waals surface area contributed by atoms with Gasteiger partial charge in [0.25, 0.3) is 11.5 Å². The SMILES string of the molecule is Cc1cc(S(=O)(=O)N2CCC(CN(C)C3CCN(c4cccc5c4n(C)c(=O)n5C4CCC(=O)NC4=O)CC3)C(F)(F)C2)ccc1Nc1ncc2cc(Cl)c(=O)n(C3CCCC34CC4)c2n1. The lowest BCUT2D eigenvalue weighted by Gasteiger charge is -2.42. The minimum Gasteiger partial charge on any atom is -0.370 e. The average molecular weight is 948 g/mol. The van der Waals surface area contributed by atoms with E-state index in [4.69, 9.17) is 16.6 Å². The summed E-state index contributed by atoms with van der Waals surface area (Å²) in [5.74, 6) is -4.95. The lowest BCUT2D eigenvalue weighted by molar-refractivity contribution is -0.135. The lowest BCUT2D eigenvalue weighted by atomic mass is 9.92. The fraction of sp³-hybridized carbons (Fsp3) is 0.522. The second-order valence-electron chi connectivity index (χ2n) is 19.1. The molecule has 0 radical (unpaired) electrons. The lowest BCUT2D eigenvalue weighted by Crippen LogP contribution is -2.54. The Hall–Kier alpha value is -5.24. The summed E-state index contributed by atoms with van der Waals surface area (Å²) in [5, 5.41) is 6.28. The third-order valence-electron chi connectivity index (χ3n) is 15.1. The van der Waals surface area contributed by atoms with Crippen molar-refractivity contribution in [3.05, 3.63) is 80.1 Å². The van der Waals surface area contributed by atoms with Gasteiger partial charge in [0.1, 0.15) is 16.7 Å². The summed E-state index contributed by atoms with van der Waals surface area (Å²) in [5.41, 5.74) is 3.16. The Labute approximate surface area is 385 Å². The number of fused-ring (bicyclic) bond motifs is 2. The minimum atomic E-state index is -4.27. The zero-order chi connectivity index (χ0) is 46.4. The van der Waals surface area contributed by atoms with E-state index in [1.165, 1.54) is 21.3 Å². The number of aryl methyl sites for hydroxylation is 2. The molecule has 2 aliphatic carbocycles. The summed E-state index contributed by atoms with van der Waals surface area (Å²) in [6.07, 6.45) is 8.46. The molecule has 2 aromatic carbocycles. The van der Waals surface area contributed by atoms with Crippen molar-refractivity contribution in [1.82, 2.24) is 38.2 Å². The van der Waals surface area contributed by atoms with Gasteiger partial charge in [0.05, 0.1) is 28.2 Å². The Morgan fingerprint density at radius 2 is 1.74 bits per heavy atom. The highest BCUT2D eigenvalue weighted by molar-refractivity contribution is 7.89. The number of rotatable bonds is 10.